The van der Waals surface area contributed by atoms with E-state index in [0.717, 1.165) is 21.5 Å². The fourth-order valence-corrected chi connectivity index (χ4v) is 4.16. The molecule has 1 aromatic heterocycles. The van der Waals surface area contributed by atoms with Crippen molar-refractivity contribution in [2.45, 2.75) is 17.5 Å². The highest BCUT2D eigenvalue weighted by Gasteiger charge is 2.14. The summed E-state index contributed by atoms with van der Waals surface area (Å²) >= 11 is 4.90. The molecule has 148 valence electrons. The number of fused-ring (bicyclic) bond motifs is 1. The molecule has 0 aliphatic heterocycles. The molecule has 0 bridgehead atoms. The molecule has 0 spiro atoms. The van der Waals surface area contributed by atoms with Gasteiger partial charge in [0, 0.05) is 22.9 Å². The number of halogens is 1. The number of rotatable bonds is 8. The van der Waals surface area contributed by atoms with E-state index < -0.39 is 0 Å². The Morgan fingerprint density at radius 2 is 1.93 bits per heavy atom. The highest BCUT2D eigenvalue weighted by Crippen LogP contribution is 2.30. The first-order valence-corrected chi connectivity index (χ1v) is 10.4. The maximum atomic E-state index is 13.0. The van der Waals surface area contributed by atoms with Gasteiger partial charge in [-0.15, -0.1) is 0 Å². The molecule has 6 nitrogen and oxygen atoms in total. The van der Waals surface area contributed by atoms with Gasteiger partial charge in [-0.3, -0.25) is 9.36 Å². The molecule has 0 fully saturated rings. The largest absolute Gasteiger partial charge is 0.497 e. The Hall–Kier alpha value is -2.03. The van der Waals surface area contributed by atoms with Crippen LogP contribution in [0.5, 0.6) is 11.5 Å². The van der Waals surface area contributed by atoms with Crippen LogP contribution >= 0.6 is 27.7 Å². The van der Waals surface area contributed by atoms with E-state index in [-0.39, 0.29) is 5.56 Å². The first-order chi connectivity index (χ1) is 13.6. The number of hydrogen-bond donors (Lipinski definition) is 0. The molecule has 3 rings (SSSR count). The fourth-order valence-electron chi connectivity index (χ4n) is 2.80. The summed E-state index contributed by atoms with van der Waals surface area (Å²) in [5, 5.41) is 1.22. The lowest BCUT2D eigenvalue weighted by atomic mass is 10.2. The summed E-state index contributed by atoms with van der Waals surface area (Å²) in [6, 6.07) is 11.2. The Morgan fingerprint density at radius 3 is 2.64 bits per heavy atom. The van der Waals surface area contributed by atoms with Crippen LogP contribution < -0.4 is 15.0 Å². The van der Waals surface area contributed by atoms with Crippen molar-refractivity contribution in [3.05, 3.63) is 56.8 Å². The number of ether oxygens (including phenoxy) is 3. The highest BCUT2D eigenvalue weighted by atomic mass is 79.9. The van der Waals surface area contributed by atoms with Crippen molar-refractivity contribution < 1.29 is 14.2 Å². The molecule has 28 heavy (non-hydrogen) atoms. The molecule has 0 saturated carbocycles. The van der Waals surface area contributed by atoms with Crippen LogP contribution in [0.2, 0.25) is 0 Å². The van der Waals surface area contributed by atoms with E-state index in [1.165, 1.54) is 11.8 Å². The summed E-state index contributed by atoms with van der Waals surface area (Å²) in [7, 11) is 4.88. The first-order valence-electron chi connectivity index (χ1n) is 8.60. The molecule has 2 aromatic carbocycles. The Balaban J connectivity index is 2.00. The van der Waals surface area contributed by atoms with Crippen LogP contribution in [0.4, 0.5) is 0 Å². The number of nitrogens with zero attached hydrogens (tertiary/aromatic N) is 2. The molecular formula is C20H21BrN2O4S. The van der Waals surface area contributed by atoms with Crippen LogP contribution in [0.1, 0.15) is 5.56 Å². The summed E-state index contributed by atoms with van der Waals surface area (Å²) < 4.78 is 18.5. The van der Waals surface area contributed by atoms with Gasteiger partial charge in [0.05, 0.1) is 38.3 Å². The SMILES string of the molecule is COCCn1c(SCc2cc(OC)ccc2OC)nc2ccc(Br)cc2c1=O. The molecule has 0 saturated heterocycles. The minimum Gasteiger partial charge on any atom is -0.497 e. The van der Waals surface area contributed by atoms with Gasteiger partial charge in [0.15, 0.2) is 5.16 Å². The molecule has 0 N–H and O–H groups in total. The Morgan fingerprint density at radius 1 is 1.11 bits per heavy atom. The topological polar surface area (TPSA) is 62.6 Å². The monoisotopic (exact) mass is 464 g/mol. The average Bonchev–Trinajstić information content (AvgIpc) is 2.72. The van der Waals surface area contributed by atoms with Gasteiger partial charge in [-0.05, 0) is 36.4 Å². The number of methoxy groups -OCH3 is 3. The van der Waals surface area contributed by atoms with Gasteiger partial charge in [-0.1, -0.05) is 27.7 Å². The third kappa shape index (κ3) is 4.51. The van der Waals surface area contributed by atoms with Crippen LogP contribution in [-0.2, 0) is 17.0 Å². The predicted octanol–water partition coefficient (Wildman–Crippen LogP) is 4.11. The Labute approximate surface area is 176 Å². The van der Waals surface area contributed by atoms with E-state index in [0.29, 0.717) is 35.0 Å². The van der Waals surface area contributed by atoms with E-state index in [4.69, 9.17) is 19.2 Å². The van der Waals surface area contributed by atoms with Crippen molar-refractivity contribution in [2.24, 2.45) is 0 Å². The van der Waals surface area contributed by atoms with Gasteiger partial charge in [0.2, 0.25) is 0 Å². The van der Waals surface area contributed by atoms with Crippen molar-refractivity contribution in [3.63, 3.8) is 0 Å². The zero-order chi connectivity index (χ0) is 20.1. The van der Waals surface area contributed by atoms with Gasteiger partial charge in [-0.25, -0.2) is 4.98 Å². The Kier molecular flexibility index (Phi) is 6.98. The second-order valence-electron chi connectivity index (χ2n) is 5.97. The third-order valence-corrected chi connectivity index (χ3v) is 5.76. The normalized spacial score (nSPS) is 11.0. The molecular weight excluding hydrogens is 444 g/mol. The smallest absolute Gasteiger partial charge is 0.262 e. The lowest BCUT2D eigenvalue weighted by molar-refractivity contribution is 0.183. The molecule has 3 aromatic rings. The van der Waals surface area contributed by atoms with Crippen LogP contribution in [0, 0.1) is 0 Å². The quantitative estimate of drug-likeness (QED) is 0.369. The predicted molar refractivity (Wildman–Crippen MR) is 115 cm³/mol. The van der Waals surface area contributed by atoms with Gasteiger partial charge in [0.25, 0.3) is 5.56 Å². The summed E-state index contributed by atoms with van der Waals surface area (Å²) in [5.41, 5.74) is 1.56. The van der Waals surface area contributed by atoms with Crippen molar-refractivity contribution in [1.82, 2.24) is 9.55 Å². The van der Waals surface area contributed by atoms with Crippen LogP contribution in [0.15, 0.2) is 50.8 Å². The number of thioether (sulfide) groups is 1. The van der Waals surface area contributed by atoms with Gasteiger partial charge < -0.3 is 14.2 Å². The van der Waals surface area contributed by atoms with Gasteiger partial charge >= 0.3 is 0 Å². The number of aromatic nitrogens is 2. The molecule has 1 heterocycles. The van der Waals surface area contributed by atoms with Gasteiger partial charge in [0.1, 0.15) is 11.5 Å². The average molecular weight is 465 g/mol. The minimum atomic E-state index is -0.0801. The lowest BCUT2D eigenvalue weighted by Gasteiger charge is -2.14. The van der Waals surface area contributed by atoms with E-state index in [1.807, 2.05) is 30.3 Å². The highest BCUT2D eigenvalue weighted by molar-refractivity contribution is 9.10. The zero-order valence-corrected chi connectivity index (χ0v) is 18.3. The van der Waals surface area contributed by atoms with Crippen LogP contribution in [-0.4, -0.2) is 37.5 Å². The second kappa shape index (κ2) is 9.45. The van der Waals surface area contributed by atoms with E-state index in [9.17, 15) is 4.79 Å². The molecule has 0 atom stereocenters. The second-order valence-corrected chi connectivity index (χ2v) is 7.83. The third-order valence-electron chi connectivity index (χ3n) is 4.24. The van der Waals surface area contributed by atoms with Crippen molar-refractivity contribution in [3.8, 4) is 11.5 Å². The molecule has 0 aliphatic carbocycles. The molecule has 0 aliphatic rings. The fraction of sp³-hybridized carbons (Fsp3) is 0.300. The molecule has 8 heteroatoms. The summed E-state index contributed by atoms with van der Waals surface area (Å²) in [5.74, 6) is 2.11. The van der Waals surface area contributed by atoms with Crippen molar-refractivity contribution >= 4 is 38.6 Å². The first kappa shape index (κ1) is 20.7. The molecule has 0 amide bonds. The number of hydrogen-bond acceptors (Lipinski definition) is 6. The van der Waals surface area contributed by atoms with E-state index in [2.05, 4.69) is 15.9 Å². The lowest BCUT2D eigenvalue weighted by Crippen LogP contribution is -2.25. The summed E-state index contributed by atoms with van der Waals surface area (Å²) in [6.45, 7) is 0.861. The summed E-state index contributed by atoms with van der Waals surface area (Å²) in [4.78, 5) is 17.8. The van der Waals surface area contributed by atoms with Crippen molar-refractivity contribution in [1.29, 1.82) is 0 Å². The maximum Gasteiger partial charge on any atom is 0.262 e. The van der Waals surface area contributed by atoms with Gasteiger partial charge in [-0.2, -0.15) is 0 Å². The standard InChI is InChI=1S/C20H21BrN2O4S/c1-25-9-8-23-19(24)16-11-14(21)4-6-17(16)22-20(23)28-12-13-10-15(26-2)5-7-18(13)27-3/h4-7,10-11H,8-9,12H2,1-3H3. The van der Waals surface area contributed by atoms with Crippen LogP contribution in [0.3, 0.4) is 0 Å². The van der Waals surface area contributed by atoms with E-state index in [1.54, 1.807) is 32.0 Å². The number of benzene rings is 2. The van der Waals surface area contributed by atoms with Crippen molar-refractivity contribution in [2.75, 3.05) is 27.9 Å². The minimum absolute atomic E-state index is 0.0801. The van der Waals surface area contributed by atoms with Crippen LogP contribution in [0.25, 0.3) is 10.9 Å². The Bertz CT molecular complexity index is 1040. The molecule has 0 radical (unpaired) electrons. The zero-order valence-electron chi connectivity index (χ0n) is 15.9. The summed E-state index contributed by atoms with van der Waals surface area (Å²) in [6.07, 6.45) is 0. The molecule has 0 unspecified atom stereocenters. The maximum absolute atomic E-state index is 13.0. The van der Waals surface area contributed by atoms with E-state index >= 15 is 0 Å².